The summed E-state index contributed by atoms with van der Waals surface area (Å²) < 4.78 is 0. The maximum Gasteiger partial charge on any atom is 0.115 e. The number of aryl methyl sites for hydroxylation is 1. The topological polar surface area (TPSA) is 20.2 Å². The Labute approximate surface area is 106 Å². The Hall–Kier alpha value is -0.980. The molecular weight excluding hydrogens is 208 g/mol. The van der Waals surface area contributed by atoms with Crippen molar-refractivity contribution in [3.8, 4) is 5.75 Å². The quantitative estimate of drug-likeness (QED) is 0.719. The molecule has 1 heteroatoms. The van der Waals surface area contributed by atoms with Crippen LogP contribution in [0.2, 0.25) is 0 Å². The molecule has 1 aromatic rings. The standard InChI is InChI=1S/C16H26O/c1-4-13(3)12-14(5-2)6-7-15-8-10-16(17)11-9-15/h8-11,13-14,17H,4-7,12H2,1-3H3. The van der Waals surface area contributed by atoms with Gasteiger partial charge in [0.05, 0.1) is 0 Å². The lowest BCUT2D eigenvalue weighted by Gasteiger charge is -2.18. The summed E-state index contributed by atoms with van der Waals surface area (Å²) in [6.45, 7) is 6.92. The van der Waals surface area contributed by atoms with Crippen molar-refractivity contribution < 1.29 is 5.11 Å². The molecule has 0 bridgehead atoms. The van der Waals surface area contributed by atoms with Gasteiger partial charge in [0.15, 0.2) is 0 Å². The number of benzene rings is 1. The zero-order chi connectivity index (χ0) is 12.7. The Kier molecular flexibility index (Phi) is 6.10. The van der Waals surface area contributed by atoms with Crippen molar-refractivity contribution in [1.82, 2.24) is 0 Å². The second kappa shape index (κ2) is 7.37. The lowest BCUT2D eigenvalue weighted by atomic mass is 9.88. The molecule has 96 valence electrons. The molecule has 0 aromatic heterocycles. The third-order valence-corrected chi connectivity index (χ3v) is 3.79. The van der Waals surface area contributed by atoms with Gasteiger partial charge in [-0.3, -0.25) is 0 Å². The summed E-state index contributed by atoms with van der Waals surface area (Å²) in [6.07, 6.45) is 6.32. The molecule has 1 rings (SSSR count). The van der Waals surface area contributed by atoms with Crippen LogP contribution in [0.3, 0.4) is 0 Å². The Morgan fingerprint density at radius 1 is 1.06 bits per heavy atom. The van der Waals surface area contributed by atoms with E-state index in [2.05, 4.69) is 20.8 Å². The zero-order valence-corrected chi connectivity index (χ0v) is 11.4. The van der Waals surface area contributed by atoms with Crippen LogP contribution in [0.25, 0.3) is 0 Å². The van der Waals surface area contributed by atoms with Crippen molar-refractivity contribution in [2.24, 2.45) is 11.8 Å². The molecule has 1 N–H and O–H groups in total. The fourth-order valence-corrected chi connectivity index (χ4v) is 2.26. The van der Waals surface area contributed by atoms with E-state index in [1.807, 2.05) is 12.1 Å². The first-order valence-corrected chi connectivity index (χ1v) is 6.93. The van der Waals surface area contributed by atoms with Crippen LogP contribution in [-0.4, -0.2) is 5.11 Å². The maximum atomic E-state index is 9.23. The van der Waals surface area contributed by atoms with E-state index in [1.165, 1.54) is 31.2 Å². The van der Waals surface area contributed by atoms with Crippen LogP contribution >= 0.6 is 0 Å². The molecule has 1 aromatic carbocycles. The van der Waals surface area contributed by atoms with Gasteiger partial charge < -0.3 is 5.11 Å². The maximum absolute atomic E-state index is 9.23. The van der Waals surface area contributed by atoms with Gasteiger partial charge in [0.25, 0.3) is 0 Å². The number of aromatic hydroxyl groups is 1. The Balaban J connectivity index is 2.39. The highest BCUT2D eigenvalue weighted by atomic mass is 16.3. The number of rotatable bonds is 7. The smallest absolute Gasteiger partial charge is 0.115 e. The highest BCUT2D eigenvalue weighted by Crippen LogP contribution is 2.23. The fraction of sp³-hybridized carbons (Fsp3) is 0.625. The number of hydrogen-bond acceptors (Lipinski definition) is 1. The summed E-state index contributed by atoms with van der Waals surface area (Å²) in [6, 6.07) is 7.63. The van der Waals surface area contributed by atoms with Gasteiger partial charge in [-0.15, -0.1) is 0 Å². The van der Waals surface area contributed by atoms with Crippen molar-refractivity contribution in [3.63, 3.8) is 0 Å². The summed E-state index contributed by atoms with van der Waals surface area (Å²) in [5.74, 6) is 2.05. The van der Waals surface area contributed by atoms with Crippen LogP contribution in [0.4, 0.5) is 0 Å². The van der Waals surface area contributed by atoms with Gasteiger partial charge in [0.2, 0.25) is 0 Å². The van der Waals surface area contributed by atoms with Crippen LogP contribution < -0.4 is 0 Å². The zero-order valence-electron chi connectivity index (χ0n) is 11.4. The molecule has 0 aliphatic heterocycles. The molecule has 0 saturated heterocycles. The lowest BCUT2D eigenvalue weighted by molar-refractivity contribution is 0.354. The second-order valence-corrected chi connectivity index (χ2v) is 5.23. The number of phenols is 1. The third kappa shape index (κ3) is 5.25. The Morgan fingerprint density at radius 3 is 2.24 bits per heavy atom. The van der Waals surface area contributed by atoms with Crippen molar-refractivity contribution in [3.05, 3.63) is 29.8 Å². The van der Waals surface area contributed by atoms with E-state index in [4.69, 9.17) is 0 Å². The van der Waals surface area contributed by atoms with Gasteiger partial charge in [-0.2, -0.15) is 0 Å². The SMILES string of the molecule is CCC(C)CC(CC)CCc1ccc(O)cc1. The first-order chi connectivity index (χ1) is 8.15. The second-order valence-electron chi connectivity index (χ2n) is 5.23. The molecule has 0 aliphatic rings. The van der Waals surface area contributed by atoms with Crippen LogP contribution in [-0.2, 0) is 6.42 Å². The molecule has 0 radical (unpaired) electrons. The predicted molar refractivity (Wildman–Crippen MR) is 74.3 cm³/mol. The minimum Gasteiger partial charge on any atom is -0.508 e. The summed E-state index contributed by atoms with van der Waals surface area (Å²) >= 11 is 0. The van der Waals surface area contributed by atoms with Gasteiger partial charge in [-0.1, -0.05) is 45.7 Å². The molecule has 2 unspecified atom stereocenters. The third-order valence-electron chi connectivity index (χ3n) is 3.79. The van der Waals surface area contributed by atoms with Gasteiger partial charge in [0.1, 0.15) is 5.75 Å². The molecule has 0 fully saturated rings. The average molecular weight is 234 g/mol. The van der Waals surface area contributed by atoms with E-state index in [0.717, 1.165) is 18.3 Å². The van der Waals surface area contributed by atoms with Crippen molar-refractivity contribution in [1.29, 1.82) is 0 Å². The van der Waals surface area contributed by atoms with E-state index >= 15 is 0 Å². The molecular formula is C16H26O. The van der Waals surface area contributed by atoms with E-state index in [1.54, 1.807) is 12.1 Å². The molecule has 1 nitrogen and oxygen atoms in total. The van der Waals surface area contributed by atoms with Gasteiger partial charge in [-0.05, 0) is 48.8 Å². The summed E-state index contributed by atoms with van der Waals surface area (Å²) in [7, 11) is 0. The molecule has 0 amide bonds. The predicted octanol–water partition coefficient (Wildman–Crippen LogP) is 4.79. The first kappa shape index (κ1) is 14.1. The van der Waals surface area contributed by atoms with Crippen molar-refractivity contribution in [2.75, 3.05) is 0 Å². The Bertz CT molecular complexity index is 302. The van der Waals surface area contributed by atoms with Gasteiger partial charge in [0, 0.05) is 0 Å². The summed E-state index contributed by atoms with van der Waals surface area (Å²) in [5.41, 5.74) is 1.34. The van der Waals surface area contributed by atoms with E-state index in [0.29, 0.717) is 5.75 Å². The van der Waals surface area contributed by atoms with E-state index in [9.17, 15) is 5.11 Å². The van der Waals surface area contributed by atoms with E-state index < -0.39 is 0 Å². The lowest BCUT2D eigenvalue weighted by Crippen LogP contribution is -2.06. The minimum absolute atomic E-state index is 0.361. The fourth-order valence-electron chi connectivity index (χ4n) is 2.26. The molecule has 0 spiro atoms. The monoisotopic (exact) mass is 234 g/mol. The van der Waals surface area contributed by atoms with Crippen LogP contribution in [0.1, 0.15) is 52.0 Å². The van der Waals surface area contributed by atoms with Crippen LogP contribution in [0.15, 0.2) is 24.3 Å². The first-order valence-electron chi connectivity index (χ1n) is 6.93. The van der Waals surface area contributed by atoms with Crippen molar-refractivity contribution in [2.45, 2.75) is 52.9 Å². The van der Waals surface area contributed by atoms with Crippen LogP contribution in [0.5, 0.6) is 5.75 Å². The number of hydrogen-bond donors (Lipinski definition) is 1. The number of phenolic OH excluding ortho intramolecular Hbond substituents is 1. The highest BCUT2D eigenvalue weighted by Gasteiger charge is 2.10. The van der Waals surface area contributed by atoms with Gasteiger partial charge in [-0.25, -0.2) is 0 Å². The molecule has 0 aliphatic carbocycles. The molecule has 17 heavy (non-hydrogen) atoms. The summed E-state index contributed by atoms with van der Waals surface area (Å²) in [5, 5.41) is 9.23. The van der Waals surface area contributed by atoms with Crippen LogP contribution in [0, 0.1) is 11.8 Å². The summed E-state index contributed by atoms with van der Waals surface area (Å²) in [4.78, 5) is 0. The average Bonchev–Trinajstić information content (AvgIpc) is 2.36. The molecule has 2 atom stereocenters. The van der Waals surface area contributed by atoms with Crippen molar-refractivity contribution >= 4 is 0 Å². The molecule has 0 heterocycles. The Morgan fingerprint density at radius 2 is 1.71 bits per heavy atom. The molecule has 0 saturated carbocycles. The highest BCUT2D eigenvalue weighted by molar-refractivity contribution is 5.25. The van der Waals surface area contributed by atoms with Gasteiger partial charge >= 0.3 is 0 Å². The largest absolute Gasteiger partial charge is 0.508 e. The minimum atomic E-state index is 0.361. The normalized spacial score (nSPS) is 14.5. The van der Waals surface area contributed by atoms with E-state index in [-0.39, 0.29) is 0 Å².